The number of likely N-dealkylation sites (N-methyl/N-ethyl adjacent to an activating group) is 1. The molecule has 5 rings (SSSR count). The van der Waals surface area contributed by atoms with E-state index in [0.29, 0.717) is 52.5 Å². The lowest BCUT2D eigenvalue weighted by atomic mass is 9.79. The molecule has 3 atom stereocenters. The highest BCUT2D eigenvalue weighted by Gasteiger charge is 2.68. The van der Waals surface area contributed by atoms with Crippen LogP contribution in [0.4, 0.5) is 5.69 Å². The van der Waals surface area contributed by atoms with E-state index in [2.05, 4.69) is 21.2 Å². The number of benzene rings is 3. The Labute approximate surface area is 223 Å². The number of ether oxygens (including phenoxy) is 2. The first-order valence-corrected chi connectivity index (χ1v) is 13.0. The van der Waals surface area contributed by atoms with E-state index in [0.717, 1.165) is 5.56 Å². The number of rotatable bonds is 7. The fourth-order valence-corrected chi connectivity index (χ4v) is 6.20. The smallest absolute Gasteiger partial charge is 0.256 e. The van der Waals surface area contributed by atoms with Gasteiger partial charge in [0, 0.05) is 22.7 Å². The van der Waals surface area contributed by atoms with Crippen molar-refractivity contribution >= 4 is 27.5 Å². The van der Waals surface area contributed by atoms with Gasteiger partial charge >= 0.3 is 0 Å². The number of amides is 1. The van der Waals surface area contributed by atoms with Crippen molar-refractivity contribution in [1.29, 1.82) is 0 Å². The van der Waals surface area contributed by atoms with Gasteiger partial charge in [0.05, 0.1) is 17.0 Å². The molecule has 0 bridgehead atoms. The number of anilines is 1. The molecule has 0 aromatic heterocycles. The van der Waals surface area contributed by atoms with E-state index in [9.17, 15) is 14.9 Å². The largest absolute Gasteiger partial charge is 0.490 e. The van der Waals surface area contributed by atoms with Crippen molar-refractivity contribution in [2.45, 2.75) is 38.0 Å². The number of hydrogen-bond donors (Lipinski definition) is 1. The summed E-state index contributed by atoms with van der Waals surface area (Å²) in [5.74, 6) is 0.107. The summed E-state index contributed by atoms with van der Waals surface area (Å²) in [6, 6.07) is 17.7. The SMILES string of the molecule is CCOc1cc([C@@H]2CN(C)[C@@]3(C(=O)Nc4ccccc43)[C@@H]2[N+](=O)[O-])cc(Br)c1OCc1ccc(C)cc1. The van der Waals surface area contributed by atoms with Crippen molar-refractivity contribution in [2.75, 3.05) is 25.5 Å². The maximum absolute atomic E-state index is 13.4. The average molecular weight is 566 g/mol. The van der Waals surface area contributed by atoms with Crippen LogP contribution in [0.25, 0.3) is 0 Å². The molecule has 0 saturated carbocycles. The summed E-state index contributed by atoms with van der Waals surface area (Å²) in [6.45, 7) is 4.99. The number of nitrogens with zero attached hydrogens (tertiary/aromatic N) is 2. The molecule has 2 aliphatic heterocycles. The number of nitrogens with one attached hydrogen (secondary N) is 1. The number of aryl methyl sites for hydroxylation is 1. The van der Waals surface area contributed by atoms with E-state index >= 15 is 0 Å². The number of carbonyl (C=O) groups is 1. The van der Waals surface area contributed by atoms with Crippen LogP contribution in [-0.4, -0.2) is 42.0 Å². The molecule has 8 nitrogen and oxygen atoms in total. The average Bonchev–Trinajstić information content (AvgIpc) is 3.34. The van der Waals surface area contributed by atoms with Gasteiger partial charge in [-0.05, 0) is 66.2 Å². The summed E-state index contributed by atoms with van der Waals surface area (Å²) in [5, 5.41) is 15.5. The number of hydrogen-bond acceptors (Lipinski definition) is 6. The van der Waals surface area contributed by atoms with Crippen LogP contribution in [0, 0.1) is 17.0 Å². The Morgan fingerprint density at radius 1 is 1.16 bits per heavy atom. The van der Waals surface area contributed by atoms with Crippen LogP contribution in [0.15, 0.2) is 65.1 Å². The molecule has 3 aromatic carbocycles. The van der Waals surface area contributed by atoms with E-state index in [1.54, 1.807) is 19.2 Å². The number of carbonyl (C=O) groups excluding carboxylic acids is 1. The Morgan fingerprint density at radius 3 is 2.59 bits per heavy atom. The van der Waals surface area contributed by atoms with Gasteiger partial charge in [0.25, 0.3) is 11.9 Å². The molecule has 1 N–H and O–H groups in total. The quantitative estimate of drug-likeness (QED) is 0.310. The lowest BCUT2D eigenvalue weighted by Crippen LogP contribution is -2.54. The number of halogens is 1. The van der Waals surface area contributed by atoms with Crippen molar-refractivity contribution in [1.82, 2.24) is 4.90 Å². The fourth-order valence-electron chi connectivity index (χ4n) is 5.62. The predicted molar refractivity (Wildman–Crippen MR) is 144 cm³/mol. The second-order valence-corrected chi connectivity index (χ2v) is 10.4. The molecule has 1 amide bonds. The molecule has 3 aromatic rings. The summed E-state index contributed by atoms with van der Waals surface area (Å²) >= 11 is 3.62. The van der Waals surface area contributed by atoms with Gasteiger partial charge in [-0.3, -0.25) is 19.8 Å². The number of para-hydroxylation sites is 1. The Balaban J connectivity index is 1.53. The van der Waals surface area contributed by atoms with Crippen LogP contribution in [-0.2, 0) is 16.9 Å². The molecule has 192 valence electrons. The number of nitro groups is 1. The van der Waals surface area contributed by atoms with Crippen LogP contribution >= 0.6 is 15.9 Å². The highest BCUT2D eigenvalue weighted by Crippen LogP contribution is 2.53. The molecule has 37 heavy (non-hydrogen) atoms. The van der Waals surface area contributed by atoms with E-state index in [-0.39, 0.29) is 10.8 Å². The normalized spacial score (nSPS) is 22.6. The van der Waals surface area contributed by atoms with Crippen molar-refractivity contribution in [3.05, 3.63) is 97.5 Å². The zero-order valence-electron chi connectivity index (χ0n) is 20.9. The molecule has 1 fully saturated rings. The highest BCUT2D eigenvalue weighted by molar-refractivity contribution is 9.10. The summed E-state index contributed by atoms with van der Waals surface area (Å²) in [7, 11) is 1.77. The van der Waals surface area contributed by atoms with Crippen molar-refractivity contribution < 1.29 is 19.2 Å². The fraction of sp³-hybridized carbons (Fsp3) is 0.321. The van der Waals surface area contributed by atoms with Crippen molar-refractivity contribution in [3.63, 3.8) is 0 Å². The third-order valence-corrected chi connectivity index (χ3v) is 7.89. The maximum Gasteiger partial charge on any atom is 0.256 e. The molecule has 0 aliphatic carbocycles. The molecular weight excluding hydrogens is 538 g/mol. The lowest BCUT2D eigenvalue weighted by Gasteiger charge is -2.30. The summed E-state index contributed by atoms with van der Waals surface area (Å²) < 4.78 is 12.7. The molecular formula is C28H28BrN3O5. The van der Waals surface area contributed by atoms with Gasteiger partial charge in [-0.1, -0.05) is 48.0 Å². The minimum Gasteiger partial charge on any atom is -0.490 e. The molecule has 0 unspecified atom stereocenters. The van der Waals surface area contributed by atoms with Gasteiger partial charge in [0.2, 0.25) is 0 Å². The number of likely N-dealkylation sites (tertiary alicyclic amines) is 1. The van der Waals surface area contributed by atoms with Gasteiger partial charge < -0.3 is 14.8 Å². The second-order valence-electron chi connectivity index (χ2n) is 9.52. The van der Waals surface area contributed by atoms with Gasteiger partial charge in [0.15, 0.2) is 17.0 Å². The van der Waals surface area contributed by atoms with Gasteiger partial charge in [0.1, 0.15) is 6.61 Å². The first-order valence-electron chi connectivity index (χ1n) is 12.2. The summed E-state index contributed by atoms with van der Waals surface area (Å²) in [6.07, 6.45) is 0. The molecule has 2 aliphatic rings. The van der Waals surface area contributed by atoms with Gasteiger partial charge in [-0.2, -0.15) is 0 Å². The molecule has 0 radical (unpaired) electrons. The van der Waals surface area contributed by atoms with Gasteiger partial charge in [-0.15, -0.1) is 0 Å². The standard InChI is InChI=1S/C28H28BrN3O5/c1-4-36-24-14-19(13-22(29)25(24)37-16-18-11-9-17(2)10-12-18)20-15-31(3)28(26(20)32(34)35)21-7-5-6-8-23(21)30-27(28)33/h5-14,20,26H,4,15-16H2,1-3H3,(H,30,33)/t20-,26+,28+/m0/s1. The highest BCUT2D eigenvalue weighted by atomic mass is 79.9. The van der Waals surface area contributed by atoms with Crippen molar-refractivity contribution in [2.24, 2.45) is 0 Å². The first kappa shape index (κ1) is 25.2. The Bertz CT molecular complexity index is 1360. The monoisotopic (exact) mass is 565 g/mol. The zero-order chi connectivity index (χ0) is 26.3. The Hall–Kier alpha value is -3.43. The minimum atomic E-state index is -1.40. The van der Waals surface area contributed by atoms with E-state index in [1.807, 2.05) is 67.3 Å². The van der Waals surface area contributed by atoms with E-state index in [1.165, 1.54) is 5.56 Å². The Kier molecular flexibility index (Phi) is 6.68. The molecule has 9 heteroatoms. The van der Waals surface area contributed by atoms with E-state index < -0.39 is 17.5 Å². The zero-order valence-corrected chi connectivity index (χ0v) is 22.4. The van der Waals surface area contributed by atoms with Crippen LogP contribution in [0.5, 0.6) is 11.5 Å². The Morgan fingerprint density at radius 2 is 1.89 bits per heavy atom. The maximum atomic E-state index is 13.4. The molecule has 2 heterocycles. The molecule has 1 saturated heterocycles. The number of fused-ring (bicyclic) bond motifs is 2. The molecule has 1 spiro atoms. The van der Waals surface area contributed by atoms with Crippen LogP contribution in [0.3, 0.4) is 0 Å². The topological polar surface area (TPSA) is 93.9 Å². The van der Waals surface area contributed by atoms with Crippen molar-refractivity contribution in [3.8, 4) is 11.5 Å². The summed E-state index contributed by atoms with van der Waals surface area (Å²) in [5.41, 5.74) is 2.74. The second kappa shape index (κ2) is 9.79. The van der Waals surface area contributed by atoms with Crippen LogP contribution in [0.2, 0.25) is 0 Å². The third-order valence-electron chi connectivity index (χ3n) is 7.30. The first-order chi connectivity index (χ1) is 17.8. The lowest BCUT2D eigenvalue weighted by molar-refractivity contribution is -0.534. The minimum absolute atomic E-state index is 0.314. The van der Waals surface area contributed by atoms with Crippen LogP contribution < -0.4 is 14.8 Å². The van der Waals surface area contributed by atoms with Crippen LogP contribution in [0.1, 0.15) is 35.1 Å². The van der Waals surface area contributed by atoms with E-state index in [4.69, 9.17) is 9.47 Å². The third kappa shape index (κ3) is 4.16. The van der Waals surface area contributed by atoms with Gasteiger partial charge in [-0.25, -0.2) is 0 Å². The summed E-state index contributed by atoms with van der Waals surface area (Å²) in [4.78, 5) is 27.5. The predicted octanol–water partition coefficient (Wildman–Crippen LogP) is 5.26.